The Hall–Kier alpha value is -2.38. The lowest BCUT2D eigenvalue weighted by atomic mass is 9.79. The van der Waals surface area contributed by atoms with E-state index in [0.29, 0.717) is 28.4 Å². The third kappa shape index (κ3) is 5.02. The lowest BCUT2D eigenvalue weighted by Crippen LogP contribution is -2.36. The van der Waals surface area contributed by atoms with Crippen molar-refractivity contribution in [2.45, 2.75) is 45.6 Å². The number of carbonyl (C=O) groups excluding carboxylic acids is 2. The number of carboxylic acid groups (broad SMARTS) is 1. The van der Waals surface area contributed by atoms with Crippen LogP contribution in [-0.2, 0) is 14.3 Å². The van der Waals surface area contributed by atoms with Crippen LogP contribution in [-0.4, -0.2) is 29.1 Å². The Morgan fingerprint density at radius 3 is 2.37 bits per heavy atom. The molecule has 30 heavy (non-hydrogen) atoms. The van der Waals surface area contributed by atoms with Gasteiger partial charge in [0.25, 0.3) is 0 Å². The number of hydrogen-bond donors (Lipinski definition) is 2. The Bertz CT molecular complexity index is 938. The van der Waals surface area contributed by atoms with Crippen LogP contribution < -0.4 is 5.32 Å². The van der Waals surface area contributed by atoms with Crippen molar-refractivity contribution in [1.82, 2.24) is 0 Å². The molecule has 1 saturated carbocycles. The molecule has 8 heteroatoms. The Labute approximate surface area is 184 Å². The van der Waals surface area contributed by atoms with Crippen molar-refractivity contribution >= 4 is 45.8 Å². The first-order chi connectivity index (χ1) is 14.3. The van der Waals surface area contributed by atoms with Crippen molar-refractivity contribution in [2.24, 2.45) is 11.8 Å². The Morgan fingerprint density at radius 1 is 1.13 bits per heavy atom. The van der Waals surface area contributed by atoms with Crippen LogP contribution in [0, 0.1) is 11.8 Å². The molecule has 0 unspecified atom stereocenters. The summed E-state index contributed by atoms with van der Waals surface area (Å²) in [4.78, 5) is 37.3. The monoisotopic (exact) mass is 449 g/mol. The predicted molar refractivity (Wildman–Crippen MR) is 117 cm³/mol. The molecule has 2 aromatic rings. The summed E-state index contributed by atoms with van der Waals surface area (Å²) in [6.45, 7) is 3.51. The molecule has 1 aromatic carbocycles. The van der Waals surface area contributed by atoms with Crippen LogP contribution in [0.1, 0.15) is 49.9 Å². The second-order valence-electron chi connectivity index (χ2n) is 7.64. The highest BCUT2D eigenvalue weighted by molar-refractivity contribution is 7.15. The Balaban J connectivity index is 1.93. The number of ether oxygens (including phenoxy) is 1. The summed E-state index contributed by atoms with van der Waals surface area (Å²) in [7, 11) is 0. The van der Waals surface area contributed by atoms with Crippen LogP contribution in [0.15, 0.2) is 29.6 Å². The van der Waals surface area contributed by atoms with E-state index in [1.807, 2.05) is 0 Å². The third-order valence-electron chi connectivity index (χ3n) is 5.15. The summed E-state index contributed by atoms with van der Waals surface area (Å²) in [5.41, 5.74) is 1.68. The summed E-state index contributed by atoms with van der Waals surface area (Å²) < 4.78 is 5.40. The molecule has 0 radical (unpaired) electrons. The van der Waals surface area contributed by atoms with Crippen molar-refractivity contribution in [3.63, 3.8) is 0 Å². The summed E-state index contributed by atoms with van der Waals surface area (Å²) in [5, 5.41) is 15.0. The zero-order chi connectivity index (χ0) is 21.8. The fraction of sp³-hybridized carbons (Fsp3) is 0.409. The van der Waals surface area contributed by atoms with Gasteiger partial charge in [-0.15, -0.1) is 11.3 Å². The quantitative estimate of drug-likeness (QED) is 0.571. The second kappa shape index (κ2) is 9.62. The first-order valence-electron chi connectivity index (χ1n) is 9.90. The molecule has 1 heterocycles. The van der Waals surface area contributed by atoms with Crippen molar-refractivity contribution < 1.29 is 24.2 Å². The highest BCUT2D eigenvalue weighted by Gasteiger charge is 2.36. The molecule has 1 fully saturated rings. The topological polar surface area (TPSA) is 92.7 Å². The van der Waals surface area contributed by atoms with Gasteiger partial charge in [0, 0.05) is 16.0 Å². The molecule has 2 N–H and O–H groups in total. The van der Waals surface area contributed by atoms with Crippen LogP contribution in [0.3, 0.4) is 0 Å². The maximum atomic E-state index is 12.9. The lowest BCUT2D eigenvalue weighted by Gasteiger charge is -2.27. The molecular weight excluding hydrogens is 426 g/mol. The van der Waals surface area contributed by atoms with E-state index in [2.05, 4.69) is 5.32 Å². The highest BCUT2D eigenvalue weighted by atomic mass is 35.5. The lowest BCUT2D eigenvalue weighted by molar-refractivity contribution is -0.147. The number of aliphatic carboxylic acids is 1. The summed E-state index contributed by atoms with van der Waals surface area (Å²) in [5.74, 6) is -3.19. The average Bonchev–Trinajstić information content (AvgIpc) is 3.11. The number of carbonyl (C=O) groups is 3. The molecule has 3 rings (SSSR count). The van der Waals surface area contributed by atoms with Crippen LogP contribution >= 0.6 is 22.9 Å². The SMILES string of the molecule is CC(C)OC(=O)c1c(-c2ccc(Cl)cc2)csc1NC(=O)[C@@H]1CCCC[C@@H]1C(=O)O. The molecular formula is C22H24ClNO5S. The van der Waals surface area contributed by atoms with E-state index >= 15 is 0 Å². The molecule has 0 spiro atoms. The van der Waals surface area contributed by atoms with Gasteiger partial charge in [-0.3, -0.25) is 9.59 Å². The Kier molecular flexibility index (Phi) is 7.15. The zero-order valence-electron chi connectivity index (χ0n) is 16.8. The minimum atomic E-state index is -0.956. The summed E-state index contributed by atoms with van der Waals surface area (Å²) in [6, 6.07) is 7.04. The number of esters is 1. The number of amides is 1. The number of rotatable bonds is 6. The number of benzene rings is 1. The maximum Gasteiger partial charge on any atom is 0.342 e. The van der Waals surface area contributed by atoms with Crippen LogP contribution in [0.5, 0.6) is 0 Å². The minimum Gasteiger partial charge on any atom is -0.481 e. The van der Waals surface area contributed by atoms with Gasteiger partial charge >= 0.3 is 11.9 Å². The fourth-order valence-corrected chi connectivity index (χ4v) is 4.80. The highest BCUT2D eigenvalue weighted by Crippen LogP contribution is 2.38. The van der Waals surface area contributed by atoms with Gasteiger partial charge in [-0.25, -0.2) is 4.79 Å². The van der Waals surface area contributed by atoms with Gasteiger partial charge in [0.05, 0.1) is 17.9 Å². The number of thiophene rings is 1. The van der Waals surface area contributed by atoms with E-state index in [9.17, 15) is 19.5 Å². The second-order valence-corrected chi connectivity index (χ2v) is 8.96. The molecule has 0 aliphatic heterocycles. The normalized spacial score (nSPS) is 18.8. The smallest absolute Gasteiger partial charge is 0.342 e. The number of anilines is 1. The standard InChI is InChI=1S/C22H24ClNO5S/c1-12(2)29-22(28)18-17(13-7-9-14(23)10-8-13)11-30-20(18)24-19(25)15-5-3-4-6-16(15)21(26)27/h7-12,15-16H,3-6H2,1-2H3,(H,24,25)(H,26,27)/t15-,16+/m1/s1. The first-order valence-corrected chi connectivity index (χ1v) is 11.2. The van der Waals surface area contributed by atoms with E-state index in [1.165, 1.54) is 11.3 Å². The molecule has 160 valence electrons. The van der Waals surface area contributed by atoms with Gasteiger partial charge in [0.2, 0.25) is 5.91 Å². The molecule has 0 saturated heterocycles. The van der Waals surface area contributed by atoms with E-state index in [-0.39, 0.29) is 17.6 Å². The Morgan fingerprint density at radius 2 is 1.77 bits per heavy atom. The largest absolute Gasteiger partial charge is 0.481 e. The molecule has 0 bridgehead atoms. The van der Waals surface area contributed by atoms with Crippen molar-refractivity contribution in [3.8, 4) is 11.1 Å². The van der Waals surface area contributed by atoms with E-state index in [0.717, 1.165) is 18.4 Å². The molecule has 1 aromatic heterocycles. The average molecular weight is 450 g/mol. The van der Waals surface area contributed by atoms with Gasteiger partial charge in [-0.05, 0) is 44.4 Å². The molecule has 1 amide bonds. The van der Waals surface area contributed by atoms with Crippen LogP contribution in [0.4, 0.5) is 5.00 Å². The van der Waals surface area contributed by atoms with Crippen molar-refractivity contribution in [3.05, 3.63) is 40.2 Å². The molecule has 6 nitrogen and oxygen atoms in total. The molecule has 1 aliphatic carbocycles. The predicted octanol–water partition coefficient (Wildman–Crippen LogP) is 5.46. The van der Waals surface area contributed by atoms with Crippen LogP contribution in [0.2, 0.25) is 5.02 Å². The van der Waals surface area contributed by atoms with E-state index in [4.69, 9.17) is 16.3 Å². The van der Waals surface area contributed by atoms with Crippen LogP contribution in [0.25, 0.3) is 11.1 Å². The number of hydrogen-bond acceptors (Lipinski definition) is 5. The van der Waals surface area contributed by atoms with E-state index in [1.54, 1.807) is 43.5 Å². The molecule has 1 aliphatic rings. The van der Waals surface area contributed by atoms with Gasteiger partial charge in [-0.2, -0.15) is 0 Å². The molecule has 2 atom stereocenters. The van der Waals surface area contributed by atoms with Gasteiger partial charge in [-0.1, -0.05) is 36.6 Å². The van der Waals surface area contributed by atoms with E-state index < -0.39 is 23.8 Å². The van der Waals surface area contributed by atoms with Gasteiger partial charge in [0.1, 0.15) is 10.6 Å². The number of carboxylic acids is 1. The fourth-order valence-electron chi connectivity index (χ4n) is 3.71. The minimum absolute atomic E-state index is 0.270. The van der Waals surface area contributed by atoms with Gasteiger partial charge < -0.3 is 15.2 Å². The van der Waals surface area contributed by atoms with Crippen molar-refractivity contribution in [1.29, 1.82) is 0 Å². The number of nitrogens with one attached hydrogen (secondary N) is 1. The number of halogens is 1. The first kappa shape index (κ1) is 22.3. The third-order valence-corrected chi connectivity index (χ3v) is 6.30. The van der Waals surface area contributed by atoms with Gasteiger partial charge in [0.15, 0.2) is 0 Å². The maximum absolute atomic E-state index is 12.9. The summed E-state index contributed by atoms with van der Waals surface area (Å²) in [6.07, 6.45) is 2.28. The zero-order valence-corrected chi connectivity index (χ0v) is 18.4. The van der Waals surface area contributed by atoms with Crippen molar-refractivity contribution in [2.75, 3.05) is 5.32 Å². The summed E-state index contributed by atoms with van der Waals surface area (Å²) >= 11 is 7.19.